The fraction of sp³-hybridized carbons (Fsp3) is 0.312. The highest BCUT2D eigenvalue weighted by Crippen LogP contribution is 2.14. The molecule has 106 valence electrons. The summed E-state index contributed by atoms with van der Waals surface area (Å²) in [5, 5.41) is 3.64. The number of aromatic nitrogens is 1. The summed E-state index contributed by atoms with van der Waals surface area (Å²) >= 11 is 5.83. The third-order valence-electron chi connectivity index (χ3n) is 3.63. The number of hydrogen-bond donors (Lipinski definition) is 1. The average molecular weight is 291 g/mol. The van der Waals surface area contributed by atoms with Gasteiger partial charge in [-0.3, -0.25) is 4.79 Å². The molecule has 3 nitrogen and oxygen atoms in total. The number of nitrogens with one attached hydrogen (secondary N) is 1. The van der Waals surface area contributed by atoms with E-state index in [1.807, 2.05) is 45.2 Å². The van der Waals surface area contributed by atoms with Gasteiger partial charge in [0.2, 0.25) is 5.91 Å². The van der Waals surface area contributed by atoms with E-state index < -0.39 is 0 Å². The molecule has 0 aliphatic rings. The van der Waals surface area contributed by atoms with E-state index in [0.29, 0.717) is 18.0 Å². The predicted molar refractivity (Wildman–Crippen MR) is 81.9 cm³/mol. The Bertz CT molecular complexity index is 614. The fourth-order valence-corrected chi connectivity index (χ4v) is 2.28. The van der Waals surface area contributed by atoms with Crippen LogP contribution < -0.4 is 5.32 Å². The second-order valence-corrected chi connectivity index (χ2v) is 5.47. The Morgan fingerprint density at radius 3 is 2.45 bits per heavy atom. The number of benzene rings is 1. The summed E-state index contributed by atoms with van der Waals surface area (Å²) in [4.78, 5) is 12.0. The first-order valence-corrected chi connectivity index (χ1v) is 6.98. The number of hydrogen-bond acceptors (Lipinski definition) is 1. The summed E-state index contributed by atoms with van der Waals surface area (Å²) in [6.07, 6.45) is 0.418. The molecule has 0 spiro atoms. The van der Waals surface area contributed by atoms with Crippen LogP contribution in [0.5, 0.6) is 0 Å². The molecule has 1 heterocycles. The van der Waals surface area contributed by atoms with Gasteiger partial charge in [-0.25, -0.2) is 0 Å². The normalized spacial score (nSPS) is 10.6. The Hall–Kier alpha value is -1.74. The van der Waals surface area contributed by atoms with Crippen molar-refractivity contribution in [2.75, 3.05) is 0 Å². The highest BCUT2D eigenvalue weighted by Gasteiger charge is 2.10. The van der Waals surface area contributed by atoms with Crippen LogP contribution in [0.25, 0.3) is 0 Å². The molecule has 1 N–H and O–H groups in total. The number of rotatable bonds is 4. The maximum atomic E-state index is 12.0. The van der Waals surface area contributed by atoms with Crippen molar-refractivity contribution < 1.29 is 4.79 Å². The van der Waals surface area contributed by atoms with Crippen LogP contribution in [0.1, 0.15) is 22.5 Å². The third-order valence-corrected chi connectivity index (χ3v) is 3.89. The largest absolute Gasteiger partial charge is 0.352 e. The summed E-state index contributed by atoms with van der Waals surface area (Å²) in [6.45, 7) is 4.61. The van der Waals surface area contributed by atoms with Gasteiger partial charge < -0.3 is 9.88 Å². The molecule has 2 rings (SSSR count). The van der Waals surface area contributed by atoms with Crippen LogP contribution in [0.2, 0.25) is 5.02 Å². The van der Waals surface area contributed by atoms with Crippen molar-refractivity contribution in [3.63, 3.8) is 0 Å². The van der Waals surface area contributed by atoms with Gasteiger partial charge in [0.25, 0.3) is 0 Å². The Labute approximate surface area is 124 Å². The van der Waals surface area contributed by atoms with Crippen LogP contribution in [0, 0.1) is 13.8 Å². The molecule has 1 amide bonds. The smallest absolute Gasteiger partial charge is 0.224 e. The van der Waals surface area contributed by atoms with Gasteiger partial charge in [0, 0.05) is 30.0 Å². The first kappa shape index (κ1) is 14.7. The lowest BCUT2D eigenvalue weighted by Crippen LogP contribution is -2.24. The predicted octanol–water partition coefficient (Wildman–Crippen LogP) is 3.15. The van der Waals surface area contributed by atoms with E-state index in [2.05, 4.69) is 16.0 Å². The van der Waals surface area contributed by atoms with Crippen molar-refractivity contribution in [1.29, 1.82) is 0 Å². The van der Waals surface area contributed by atoms with Crippen molar-refractivity contribution in [1.82, 2.24) is 9.88 Å². The van der Waals surface area contributed by atoms with E-state index in [1.54, 1.807) is 0 Å². The molecule has 0 unspecified atom stereocenters. The summed E-state index contributed by atoms with van der Waals surface area (Å²) < 4.78 is 2.10. The Morgan fingerprint density at radius 1 is 1.25 bits per heavy atom. The second-order valence-electron chi connectivity index (χ2n) is 5.04. The van der Waals surface area contributed by atoms with E-state index in [0.717, 1.165) is 16.8 Å². The molecule has 0 saturated carbocycles. The first-order valence-electron chi connectivity index (χ1n) is 6.60. The van der Waals surface area contributed by atoms with Gasteiger partial charge in [0.05, 0.1) is 6.42 Å². The number of carbonyl (C=O) groups is 1. The van der Waals surface area contributed by atoms with Crippen molar-refractivity contribution in [2.45, 2.75) is 26.8 Å². The monoisotopic (exact) mass is 290 g/mol. The van der Waals surface area contributed by atoms with Gasteiger partial charge in [-0.15, -0.1) is 0 Å². The highest BCUT2D eigenvalue weighted by molar-refractivity contribution is 6.30. The van der Waals surface area contributed by atoms with Crippen molar-refractivity contribution in [2.24, 2.45) is 7.05 Å². The molecular weight excluding hydrogens is 272 g/mol. The maximum Gasteiger partial charge on any atom is 0.224 e. The van der Waals surface area contributed by atoms with Crippen molar-refractivity contribution in [3.05, 3.63) is 57.9 Å². The molecule has 1 aromatic carbocycles. The number of nitrogens with zero attached hydrogens (tertiary/aromatic N) is 1. The molecule has 0 saturated heterocycles. The molecule has 0 aliphatic carbocycles. The lowest BCUT2D eigenvalue weighted by molar-refractivity contribution is -0.120. The van der Waals surface area contributed by atoms with Crippen LogP contribution in [-0.4, -0.2) is 10.5 Å². The Balaban J connectivity index is 1.92. The maximum absolute atomic E-state index is 12.0. The zero-order valence-electron chi connectivity index (χ0n) is 12.0. The van der Waals surface area contributed by atoms with Crippen LogP contribution >= 0.6 is 11.6 Å². The molecule has 0 radical (unpaired) electrons. The Kier molecular flexibility index (Phi) is 4.50. The highest BCUT2D eigenvalue weighted by atomic mass is 35.5. The minimum Gasteiger partial charge on any atom is -0.352 e. The number of halogens is 1. The molecule has 0 aliphatic heterocycles. The standard InChI is InChI=1S/C16H19ClN2O/c1-11-8-14(12(2)19(11)3)9-16(20)18-10-13-4-6-15(17)7-5-13/h4-8H,9-10H2,1-3H3,(H,18,20). The number of aryl methyl sites for hydroxylation is 1. The van der Waals surface area contributed by atoms with E-state index in [9.17, 15) is 4.79 Å². The van der Waals surface area contributed by atoms with Gasteiger partial charge >= 0.3 is 0 Å². The number of carbonyl (C=O) groups excluding carboxylic acids is 1. The van der Waals surface area contributed by atoms with Crippen molar-refractivity contribution in [3.8, 4) is 0 Å². The summed E-state index contributed by atoms with van der Waals surface area (Å²) in [5.41, 5.74) is 4.44. The fourth-order valence-electron chi connectivity index (χ4n) is 2.15. The third kappa shape index (κ3) is 3.42. The quantitative estimate of drug-likeness (QED) is 0.922. The average Bonchev–Trinajstić information content (AvgIpc) is 2.66. The van der Waals surface area contributed by atoms with Crippen molar-refractivity contribution >= 4 is 17.5 Å². The lowest BCUT2D eigenvalue weighted by Gasteiger charge is -2.06. The van der Waals surface area contributed by atoms with E-state index in [-0.39, 0.29) is 5.91 Å². The minimum atomic E-state index is 0.0358. The topological polar surface area (TPSA) is 34.0 Å². The molecule has 1 aromatic heterocycles. The van der Waals surface area contributed by atoms with Crippen LogP contribution in [-0.2, 0) is 24.8 Å². The minimum absolute atomic E-state index is 0.0358. The second kappa shape index (κ2) is 6.14. The SMILES string of the molecule is Cc1cc(CC(=O)NCc2ccc(Cl)cc2)c(C)n1C. The molecule has 2 aromatic rings. The summed E-state index contributed by atoms with van der Waals surface area (Å²) in [6, 6.07) is 9.56. The summed E-state index contributed by atoms with van der Waals surface area (Å²) in [7, 11) is 2.01. The zero-order valence-corrected chi connectivity index (χ0v) is 12.8. The molecule has 4 heteroatoms. The summed E-state index contributed by atoms with van der Waals surface area (Å²) in [5.74, 6) is 0.0358. The van der Waals surface area contributed by atoms with Gasteiger partial charge in [0.15, 0.2) is 0 Å². The molecule has 0 atom stereocenters. The van der Waals surface area contributed by atoms with Crippen LogP contribution in [0.15, 0.2) is 30.3 Å². The van der Waals surface area contributed by atoms with Gasteiger partial charge in [0.1, 0.15) is 0 Å². The van der Waals surface area contributed by atoms with E-state index >= 15 is 0 Å². The molecule has 0 bridgehead atoms. The number of amides is 1. The Morgan fingerprint density at radius 2 is 1.90 bits per heavy atom. The van der Waals surface area contributed by atoms with E-state index in [1.165, 1.54) is 5.69 Å². The molecule has 20 heavy (non-hydrogen) atoms. The van der Waals surface area contributed by atoms with Crippen LogP contribution in [0.4, 0.5) is 0 Å². The lowest BCUT2D eigenvalue weighted by atomic mass is 10.1. The zero-order chi connectivity index (χ0) is 14.7. The first-order chi connectivity index (χ1) is 9.47. The van der Waals surface area contributed by atoms with E-state index in [4.69, 9.17) is 11.6 Å². The molecule has 0 fully saturated rings. The van der Waals surface area contributed by atoms with Gasteiger partial charge in [-0.05, 0) is 43.2 Å². The van der Waals surface area contributed by atoms with Gasteiger partial charge in [-0.2, -0.15) is 0 Å². The van der Waals surface area contributed by atoms with Gasteiger partial charge in [-0.1, -0.05) is 23.7 Å². The van der Waals surface area contributed by atoms with Crippen LogP contribution in [0.3, 0.4) is 0 Å². The molecular formula is C16H19ClN2O.